The van der Waals surface area contributed by atoms with E-state index in [4.69, 9.17) is 0 Å². The van der Waals surface area contributed by atoms with Gasteiger partial charge in [-0.05, 0) is 80.6 Å². The van der Waals surface area contributed by atoms with Crippen LogP contribution in [0.25, 0.3) is 33.0 Å². The number of hydrogen-bond acceptors (Lipinski definition) is 1. The van der Waals surface area contributed by atoms with Crippen molar-refractivity contribution in [2.75, 3.05) is 4.90 Å². The van der Waals surface area contributed by atoms with Crippen LogP contribution < -0.4 is 4.90 Å². The van der Waals surface area contributed by atoms with E-state index >= 15 is 0 Å². The number of anilines is 3. The van der Waals surface area contributed by atoms with Crippen LogP contribution in [-0.4, -0.2) is 0 Å². The summed E-state index contributed by atoms with van der Waals surface area (Å²) < 4.78 is 0. The Bertz CT molecular complexity index is 2020. The molecule has 0 bridgehead atoms. The molecule has 1 nitrogen and oxygen atoms in total. The Hall–Kier alpha value is -4.62. The Labute approximate surface area is 249 Å². The van der Waals surface area contributed by atoms with E-state index in [1.54, 1.807) is 0 Å². The SMILES string of the molecule is CCC1(C)c2ccccc2-c2cc3c(cc21)N(c1ccc(-c2ccccc2)c2ccccc12)c1ccccc1C3(C)C. The lowest BCUT2D eigenvalue weighted by molar-refractivity contribution is 0.563. The van der Waals surface area contributed by atoms with Gasteiger partial charge in [0.2, 0.25) is 0 Å². The van der Waals surface area contributed by atoms with Gasteiger partial charge in [0.05, 0.1) is 17.1 Å². The Morgan fingerprint density at radius 3 is 1.93 bits per heavy atom. The molecular weight excluding hydrogens is 506 g/mol. The van der Waals surface area contributed by atoms with Gasteiger partial charge in [0.1, 0.15) is 0 Å². The van der Waals surface area contributed by atoms with Gasteiger partial charge in [-0.15, -0.1) is 0 Å². The summed E-state index contributed by atoms with van der Waals surface area (Å²) in [5.74, 6) is 0. The molecule has 1 atom stereocenters. The van der Waals surface area contributed by atoms with Gasteiger partial charge < -0.3 is 4.90 Å². The molecule has 0 amide bonds. The van der Waals surface area contributed by atoms with Crippen molar-refractivity contribution in [1.29, 1.82) is 0 Å². The average molecular weight is 542 g/mol. The first kappa shape index (κ1) is 25.1. The number of hydrogen-bond donors (Lipinski definition) is 0. The van der Waals surface area contributed by atoms with Gasteiger partial charge in [-0.2, -0.15) is 0 Å². The smallest absolute Gasteiger partial charge is 0.0540 e. The molecule has 1 heterocycles. The number of fused-ring (bicyclic) bond motifs is 6. The second kappa shape index (κ2) is 8.94. The molecule has 0 aromatic heterocycles. The first-order valence-corrected chi connectivity index (χ1v) is 15.2. The molecule has 1 unspecified atom stereocenters. The molecule has 42 heavy (non-hydrogen) atoms. The van der Waals surface area contributed by atoms with Gasteiger partial charge in [0.25, 0.3) is 0 Å². The van der Waals surface area contributed by atoms with Crippen LogP contribution in [-0.2, 0) is 10.8 Å². The lowest BCUT2D eigenvalue weighted by Crippen LogP contribution is -2.31. The van der Waals surface area contributed by atoms with Gasteiger partial charge >= 0.3 is 0 Å². The Kier molecular flexibility index (Phi) is 5.35. The topological polar surface area (TPSA) is 3.24 Å². The van der Waals surface area contributed by atoms with Crippen LogP contribution in [0.1, 0.15) is 56.4 Å². The maximum Gasteiger partial charge on any atom is 0.0540 e. The highest BCUT2D eigenvalue weighted by Gasteiger charge is 2.43. The largest absolute Gasteiger partial charge is 0.309 e. The Morgan fingerprint density at radius 2 is 1.14 bits per heavy atom. The van der Waals surface area contributed by atoms with Crippen LogP contribution in [0.15, 0.2) is 127 Å². The van der Waals surface area contributed by atoms with Gasteiger partial charge in [-0.1, -0.05) is 131 Å². The van der Waals surface area contributed by atoms with Gasteiger partial charge in [0.15, 0.2) is 0 Å². The molecule has 6 aromatic carbocycles. The molecule has 204 valence electrons. The molecule has 0 fully saturated rings. The van der Waals surface area contributed by atoms with Crippen LogP contribution in [0.4, 0.5) is 17.1 Å². The van der Waals surface area contributed by atoms with E-state index in [0.29, 0.717) is 0 Å². The third kappa shape index (κ3) is 3.31. The Balaban J connectivity index is 1.45. The van der Waals surface area contributed by atoms with Crippen molar-refractivity contribution in [1.82, 2.24) is 0 Å². The zero-order chi connectivity index (χ0) is 28.6. The van der Waals surface area contributed by atoms with E-state index < -0.39 is 0 Å². The summed E-state index contributed by atoms with van der Waals surface area (Å²) in [6.45, 7) is 9.55. The van der Waals surface area contributed by atoms with Crippen LogP contribution in [0.5, 0.6) is 0 Å². The van der Waals surface area contributed by atoms with E-state index in [9.17, 15) is 0 Å². The minimum atomic E-state index is -0.141. The van der Waals surface area contributed by atoms with E-state index in [-0.39, 0.29) is 10.8 Å². The monoisotopic (exact) mass is 541 g/mol. The first-order valence-electron chi connectivity index (χ1n) is 15.2. The van der Waals surface area contributed by atoms with Crippen molar-refractivity contribution < 1.29 is 0 Å². The third-order valence-electron chi connectivity index (χ3n) is 10.2. The quantitative estimate of drug-likeness (QED) is 0.215. The van der Waals surface area contributed by atoms with Crippen molar-refractivity contribution >= 4 is 27.8 Å². The number of benzene rings is 6. The second-order valence-corrected chi connectivity index (χ2v) is 12.7. The van der Waals surface area contributed by atoms with E-state index in [1.807, 2.05) is 0 Å². The molecule has 0 radical (unpaired) electrons. The van der Waals surface area contributed by atoms with Gasteiger partial charge in [-0.3, -0.25) is 0 Å². The maximum atomic E-state index is 2.55. The van der Waals surface area contributed by atoms with Crippen molar-refractivity contribution in [2.45, 2.75) is 44.9 Å². The highest BCUT2D eigenvalue weighted by Crippen LogP contribution is 2.58. The maximum absolute atomic E-state index is 2.55. The summed E-state index contributed by atoms with van der Waals surface area (Å²) in [6.07, 6.45) is 1.06. The van der Waals surface area contributed by atoms with Crippen LogP contribution in [0.3, 0.4) is 0 Å². The molecule has 8 rings (SSSR count). The standard InChI is InChI=1S/C41H35N/c1-5-41(4)33-20-12-11-18-30(33)32-25-36-39(26-35(32)41)42(38-22-14-13-21-34(38)40(36,2)3)37-24-23-28(27-15-7-6-8-16-27)29-17-9-10-19-31(29)37/h6-26H,5H2,1-4H3. The molecule has 1 heteroatoms. The van der Waals surface area contributed by atoms with E-state index in [1.165, 1.54) is 72.3 Å². The van der Waals surface area contributed by atoms with Crippen LogP contribution in [0.2, 0.25) is 0 Å². The van der Waals surface area contributed by atoms with E-state index in [0.717, 1.165) is 6.42 Å². The summed E-state index contributed by atoms with van der Waals surface area (Å²) in [6, 6.07) is 47.4. The number of nitrogens with zero attached hydrogens (tertiary/aromatic N) is 1. The van der Waals surface area contributed by atoms with Crippen molar-refractivity contribution in [3.05, 3.63) is 150 Å². The summed E-state index contributed by atoms with van der Waals surface area (Å²) in [5, 5.41) is 2.54. The van der Waals surface area contributed by atoms with Gasteiger partial charge in [0, 0.05) is 16.2 Å². The second-order valence-electron chi connectivity index (χ2n) is 12.7. The average Bonchev–Trinajstić information content (AvgIpc) is 3.29. The molecule has 0 spiro atoms. The molecule has 0 N–H and O–H groups in total. The number of rotatable bonds is 3. The summed E-state index contributed by atoms with van der Waals surface area (Å²) in [4.78, 5) is 2.55. The summed E-state index contributed by atoms with van der Waals surface area (Å²) >= 11 is 0. The van der Waals surface area contributed by atoms with Crippen molar-refractivity contribution in [3.8, 4) is 22.3 Å². The van der Waals surface area contributed by atoms with Crippen molar-refractivity contribution in [3.63, 3.8) is 0 Å². The molecule has 0 saturated heterocycles. The van der Waals surface area contributed by atoms with E-state index in [2.05, 4.69) is 160 Å². The minimum absolute atomic E-state index is 0.0209. The zero-order valence-electron chi connectivity index (χ0n) is 24.8. The van der Waals surface area contributed by atoms with Gasteiger partial charge in [-0.25, -0.2) is 0 Å². The predicted molar refractivity (Wildman–Crippen MR) is 178 cm³/mol. The summed E-state index contributed by atoms with van der Waals surface area (Å²) in [5.41, 5.74) is 14.5. The highest BCUT2D eigenvalue weighted by molar-refractivity contribution is 6.07. The fourth-order valence-electron chi connectivity index (χ4n) is 7.76. The molecular formula is C41H35N. The first-order chi connectivity index (χ1) is 20.4. The molecule has 2 aliphatic rings. The highest BCUT2D eigenvalue weighted by atomic mass is 15.2. The predicted octanol–water partition coefficient (Wildman–Crippen LogP) is 11.3. The lowest BCUT2D eigenvalue weighted by Gasteiger charge is -2.43. The molecule has 1 aliphatic carbocycles. The molecule has 1 aliphatic heterocycles. The fourth-order valence-corrected chi connectivity index (χ4v) is 7.76. The Morgan fingerprint density at radius 1 is 0.476 bits per heavy atom. The number of para-hydroxylation sites is 1. The molecule has 6 aromatic rings. The normalized spacial score (nSPS) is 17.9. The lowest BCUT2D eigenvalue weighted by atomic mass is 9.71. The fraction of sp³-hybridized carbons (Fsp3) is 0.171. The minimum Gasteiger partial charge on any atom is -0.309 e. The van der Waals surface area contributed by atoms with Crippen molar-refractivity contribution in [2.24, 2.45) is 0 Å². The van der Waals surface area contributed by atoms with Crippen LogP contribution >= 0.6 is 0 Å². The zero-order valence-corrected chi connectivity index (χ0v) is 24.8. The van der Waals surface area contributed by atoms with Crippen LogP contribution in [0, 0.1) is 0 Å². The summed E-state index contributed by atoms with van der Waals surface area (Å²) in [7, 11) is 0. The molecule has 0 saturated carbocycles. The third-order valence-corrected chi connectivity index (χ3v) is 10.2.